The van der Waals surface area contributed by atoms with Crippen molar-refractivity contribution in [2.75, 3.05) is 0 Å². The standard InChI is InChI=1S/C10H20O4/c1-6-7-10(4,5)14-13-9(3)12-8(2)11/h9H,6-7H2,1-5H3. The van der Waals surface area contributed by atoms with E-state index < -0.39 is 6.29 Å². The molecule has 0 saturated heterocycles. The second-order valence-electron chi connectivity index (χ2n) is 3.87. The van der Waals surface area contributed by atoms with Gasteiger partial charge in [-0.15, -0.1) is 0 Å². The van der Waals surface area contributed by atoms with Crippen LogP contribution in [0.3, 0.4) is 0 Å². The van der Waals surface area contributed by atoms with Gasteiger partial charge in [-0.3, -0.25) is 4.79 Å². The molecule has 4 nitrogen and oxygen atoms in total. The highest BCUT2D eigenvalue weighted by molar-refractivity contribution is 5.65. The molecule has 0 aliphatic heterocycles. The number of rotatable bonds is 6. The topological polar surface area (TPSA) is 44.8 Å². The van der Waals surface area contributed by atoms with Gasteiger partial charge in [-0.2, -0.15) is 4.89 Å². The number of carbonyl (C=O) groups is 1. The Morgan fingerprint density at radius 3 is 2.43 bits per heavy atom. The van der Waals surface area contributed by atoms with Crippen LogP contribution in [0.25, 0.3) is 0 Å². The maximum absolute atomic E-state index is 10.5. The van der Waals surface area contributed by atoms with E-state index in [0.717, 1.165) is 12.8 Å². The average molecular weight is 204 g/mol. The van der Waals surface area contributed by atoms with Gasteiger partial charge in [-0.1, -0.05) is 13.3 Å². The van der Waals surface area contributed by atoms with Crippen LogP contribution in [-0.4, -0.2) is 17.9 Å². The summed E-state index contributed by atoms with van der Waals surface area (Å²) >= 11 is 0. The lowest BCUT2D eigenvalue weighted by molar-refractivity contribution is -0.409. The predicted octanol–water partition coefficient (Wildman–Crippen LogP) is 2.42. The smallest absolute Gasteiger partial charge is 0.305 e. The van der Waals surface area contributed by atoms with Crippen LogP contribution in [0.1, 0.15) is 47.5 Å². The van der Waals surface area contributed by atoms with E-state index in [9.17, 15) is 4.79 Å². The Balaban J connectivity index is 3.75. The predicted molar refractivity (Wildman–Crippen MR) is 52.4 cm³/mol. The summed E-state index contributed by atoms with van der Waals surface area (Å²) < 4.78 is 4.74. The van der Waals surface area contributed by atoms with Crippen LogP contribution in [-0.2, 0) is 19.3 Å². The first-order chi connectivity index (χ1) is 6.37. The van der Waals surface area contributed by atoms with Crippen molar-refractivity contribution in [3.8, 4) is 0 Å². The molecule has 0 aromatic heterocycles. The molecule has 0 aromatic carbocycles. The molecule has 0 aliphatic carbocycles. The number of hydrogen-bond donors (Lipinski definition) is 0. The fraction of sp³-hybridized carbons (Fsp3) is 0.900. The highest BCUT2D eigenvalue weighted by atomic mass is 17.2. The molecule has 4 heteroatoms. The molecule has 0 rings (SSSR count). The van der Waals surface area contributed by atoms with E-state index in [0.29, 0.717) is 0 Å². The molecule has 14 heavy (non-hydrogen) atoms. The lowest BCUT2D eigenvalue weighted by atomic mass is 10.0. The van der Waals surface area contributed by atoms with Crippen molar-refractivity contribution in [1.29, 1.82) is 0 Å². The van der Waals surface area contributed by atoms with E-state index in [2.05, 4.69) is 6.92 Å². The maximum Gasteiger partial charge on any atom is 0.305 e. The fourth-order valence-corrected chi connectivity index (χ4v) is 1.10. The third-order valence-corrected chi connectivity index (χ3v) is 1.59. The molecule has 0 bridgehead atoms. The molecule has 0 fully saturated rings. The highest BCUT2D eigenvalue weighted by Gasteiger charge is 2.20. The summed E-state index contributed by atoms with van der Waals surface area (Å²) in [5, 5.41) is 0. The van der Waals surface area contributed by atoms with Crippen LogP contribution >= 0.6 is 0 Å². The van der Waals surface area contributed by atoms with Crippen molar-refractivity contribution >= 4 is 5.97 Å². The van der Waals surface area contributed by atoms with E-state index in [1.165, 1.54) is 6.92 Å². The van der Waals surface area contributed by atoms with Gasteiger partial charge in [0, 0.05) is 13.8 Å². The summed E-state index contributed by atoms with van der Waals surface area (Å²) in [7, 11) is 0. The summed E-state index contributed by atoms with van der Waals surface area (Å²) in [4.78, 5) is 20.6. The molecule has 0 amide bonds. The minimum Gasteiger partial charge on any atom is -0.433 e. The van der Waals surface area contributed by atoms with Gasteiger partial charge in [0.2, 0.25) is 6.29 Å². The number of ether oxygens (including phenoxy) is 1. The number of carbonyl (C=O) groups excluding carboxylic acids is 1. The normalized spacial score (nSPS) is 13.8. The monoisotopic (exact) mass is 204 g/mol. The van der Waals surface area contributed by atoms with Gasteiger partial charge in [-0.05, 0) is 20.3 Å². The van der Waals surface area contributed by atoms with Crippen molar-refractivity contribution in [3.63, 3.8) is 0 Å². The molecular weight excluding hydrogens is 184 g/mol. The quantitative estimate of drug-likeness (QED) is 0.288. The molecule has 0 radical (unpaired) electrons. The number of esters is 1. The summed E-state index contributed by atoms with van der Waals surface area (Å²) in [6, 6.07) is 0. The van der Waals surface area contributed by atoms with Gasteiger partial charge in [0.05, 0.1) is 5.60 Å². The van der Waals surface area contributed by atoms with E-state index in [1.807, 2.05) is 13.8 Å². The third kappa shape index (κ3) is 6.86. The molecule has 0 spiro atoms. The Morgan fingerprint density at radius 2 is 2.00 bits per heavy atom. The van der Waals surface area contributed by atoms with Crippen molar-refractivity contribution in [3.05, 3.63) is 0 Å². The van der Waals surface area contributed by atoms with Crippen LogP contribution < -0.4 is 0 Å². The van der Waals surface area contributed by atoms with Gasteiger partial charge in [0.25, 0.3) is 0 Å². The number of hydrogen-bond acceptors (Lipinski definition) is 4. The van der Waals surface area contributed by atoms with Gasteiger partial charge in [-0.25, -0.2) is 4.89 Å². The Bertz CT molecular complexity index is 177. The molecule has 0 aliphatic rings. The summed E-state index contributed by atoms with van der Waals surface area (Å²) in [6.45, 7) is 8.87. The molecule has 0 N–H and O–H groups in total. The fourth-order valence-electron chi connectivity index (χ4n) is 1.10. The maximum atomic E-state index is 10.5. The van der Waals surface area contributed by atoms with Crippen LogP contribution in [0.4, 0.5) is 0 Å². The minimum absolute atomic E-state index is 0.344. The lowest BCUT2D eigenvalue weighted by Gasteiger charge is -2.24. The van der Waals surface area contributed by atoms with Gasteiger partial charge >= 0.3 is 5.97 Å². The summed E-state index contributed by atoms with van der Waals surface area (Å²) in [5.41, 5.74) is -0.344. The minimum atomic E-state index is -0.663. The Kier molecular flexibility index (Phi) is 5.72. The average Bonchev–Trinajstić information content (AvgIpc) is 2.00. The highest BCUT2D eigenvalue weighted by Crippen LogP contribution is 2.17. The van der Waals surface area contributed by atoms with Crippen molar-refractivity contribution < 1.29 is 19.3 Å². The van der Waals surface area contributed by atoms with E-state index in [4.69, 9.17) is 14.5 Å². The van der Waals surface area contributed by atoms with E-state index >= 15 is 0 Å². The molecule has 0 heterocycles. The van der Waals surface area contributed by atoms with E-state index in [-0.39, 0.29) is 11.6 Å². The van der Waals surface area contributed by atoms with Crippen LogP contribution in [0, 0.1) is 0 Å². The second-order valence-corrected chi connectivity index (χ2v) is 3.87. The zero-order valence-corrected chi connectivity index (χ0v) is 9.62. The molecule has 0 aromatic rings. The first-order valence-electron chi connectivity index (χ1n) is 4.89. The third-order valence-electron chi connectivity index (χ3n) is 1.59. The first kappa shape index (κ1) is 13.4. The SMILES string of the molecule is CCCC(C)(C)OOC(C)OC(C)=O. The Hall–Kier alpha value is -0.610. The van der Waals surface area contributed by atoms with Crippen molar-refractivity contribution in [2.24, 2.45) is 0 Å². The van der Waals surface area contributed by atoms with Crippen LogP contribution in [0.5, 0.6) is 0 Å². The first-order valence-corrected chi connectivity index (χ1v) is 4.89. The molecule has 1 unspecified atom stereocenters. The lowest BCUT2D eigenvalue weighted by Crippen LogP contribution is -2.28. The van der Waals surface area contributed by atoms with Gasteiger partial charge < -0.3 is 4.74 Å². The Labute approximate surface area is 85.5 Å². The van der Waals surface area contributed by atoms with Crippen LogP contribution in [0.15, 0.2) is 0 Å². The zero-order chi connectivity index (χ0) is 11.2. The van der Waals surface area contributed by atoms with Crippen molar-refractivity contribution in [1.82, 2.24) is 0 Å². The largest absolute Gasteiger partial charge is 0.433 e. The van der Waals surface area contributed by atoms with Gasteiger partial charge in [0.15, 0.2) is 0 Å². The van der Waals surface area contributed by atoms with E-state index in [1.54, 1.807) is 6.92 Å². The van der Waals surface area contributed by atoms with Gasteiger partial charge in [0.1, 0.15) is 0 Å². The molecular formula is C10H20O4. The molecule has 84 valence electrons. The second kappa shape index (κ2) is 5.98. The van der Waals surface area contributed by atoms with Crippen molar-refractivity contribution in [2.45, 2.75) is 59.4 Å². The summed E-state index contributed by atoms with van der Waals surface area (Å²) in [6.07, 6.45) is 1.24. The summed E-state index contributed by atoms with van der Waals surface area (Å²) in [5.74, 6) is -0.380. The Morgan fingerprint density at radius 1 is 1.43 bits per heavy atom. The zero-order valence-electron chi connectivity index (χ0n) is 9.62. The molecule has 1 atom stereocenters. The molecule has 0 saturated carbocycles. The van der Waals surface area contributed by atoms with Crippen LogP contribution in [0.2, 0.25) is 0 Å².